The van der Waals surface area contributed by atoms with Crippen LogP contribution in [0.5, 0.6) is 0 Å². The van der Waals surface area contributed by atoms with Gasteiger partial charge in [0.05, 0.1) is 0 Å². The molecule has 0 spiro atoms. The molecule has 0 aliphatic rings. The van der Waals surface area contributed by atoms with Gasteiger partial charge in [-0.1, -0.05) is 30.3 Å². The molecule has 1 atom stereocenters. The van der Waals surface area contributed by atoms with Gasteiger partial charge in [0.25, 0.3) is 0 Å². The number of benzene rings is 1. The average Bonchev–Trinajstić information content (AvgIpc) is 2.30. The van der Waals surface area contributed by atoms with Crippen LogP contribution < -0.4 is 0 Å². The molecule has 3 heteroatoms. The van der Waals surface area contributed by atoms with Gasteiger partial charge in [0.15, 0.2) is 18.3 Å². The van der Waals surface area contributed by atoms with Gasteiger partial charge in [0, 0.05) is 6.61 Å². The van der Waals surface area contributed by atoms with E-state index in [0.717, 1.165) is 5.56 Å². The van der Waals surface area contributed by atoms with Gasteiger partial charge in [-0.15, -0.1) is 0 Å². The Morgan fingerprint density at radius 3 is 2.62 bits per heavy atom. The van der Waals surface area contributed by atoms with E-state index in [4.69, 9.17) is 9.47 Å². The molecule has 1 aromatic carbocycles. The Balaban J connectivity index is 2.67. The fourth-order valence-corrected chi connectivity index (χ4v) is 1.27. The summed E-state index contributed by atoms with van der Waals surface area (Å²) in [7, 11) is 0. The van der Waals surface area contributed by atoms with Gasteiger partial charge in [-0.05, 0) is 25.5 Å². The predicted octanol–water partition coefficient (Wildman–Crippen LogP) is 2.63. The van der Waals surface area contributed by atoms with E-state index in [1.165, 1.54) is 0 Å². The molecule has 0 aliphatic carbocycles. The summed E-state index contributed by atoms with van der Waals surface area (Å²) in [5, 5.41) is 0. The Bertz CT molecular complexity index is 343. The SMILES string of the molecule is CCOC(C)OC(C=O)=Cc1ccccc1. The smallest absolute Gasteiger partial charge is 0.197 e. The number of hydrogen-bond donors (Lipinski definition) is 0. The van der Waals surface area contributed by atoms with Gasteiger partial charge in [-0.2, -0.15) is 0 Å². The van der Waals surface area contributed by atoms with Crippen molar-refractivity contribution in [1.29, 1.82) is 0 Å². The van der Waals surface area contributed by atoms with E-state index < -0.39 is 6.29 Å². The second-order valence-corrected chi connectivity index (χ2v) is 3.22. The highest BCUT2D eigenvalue weighted by atomic mass is 16.7. The molecular weight excluding hydrogens is 204 g/mol. The number of rotatable bonds is 6. The van der Waals surface area contributed by atoms with Gasteiger partial charge in [-0.25, -0.2) is 0 Å². The predicted molar refractivity (Wildman–Crippen MR) is 62.7 cm³/mol. The third-order valence-corrected chi connectivity index (χ3v) is 1.93. The van der Waals surface area contributed by atoms with E-state index in [9.17, 15) is 4.79 Å². The summed E-state index contributed by atoms with van der Waals surface area (Å²) >= 11 is 0. The van der Waals surface area contributed by atoms with Crippen molar-refractivity contribution in [2.45, 2.75) is 20.1 Å². The topological polar surface area (TPSA) is 35.5 Å². The third-order valence-electron chi connectivity index (χ3n) is 1.93. The molecule has 0 aromatic heterocycles. The molecule has 0 heterocycles. The van der Waals surface area contributed by atoms with Crippen molar-refractivity contribution in [3.05, 3.63) is 41.7 Å². The third kappa shape index (κ3) is 4.28. The minimum absolute atomic E-state index is 0.271. The molecule has 1 unspecified atom stereocenters. The lowest BCUT2D eigenvalue weighted by atomic mass is 10.2. The van der Waals surface area contributed by atoms with Crippen LogP contribution in [0.3, 0.4) is 0 Å². The number of aldehydes is 1. The molecule has 0 fully saturated rings. The summed E-state index contributed by atoms with van der Waals surface area (Å²) in [6, 6.07) is 9.53. The maximum Gasteiger partial charge on any atom is 0.197 e. The summed E-state index contributed by atoms with van der Waals surface area (Å²) in [4.78, 5) is 10.8. The first-order valence-corrected chi connectivity index (χ1v) is 5.26. The van der Waals surface area contributed by atoms with Crippen LogP contribution in [-0.4, -0.2) is 19.2 Å². The highest BCUT2D eigenvalue weighted by Gasteiger charge is 2.04. The lowest BCUT2D eigenvalue weighted by molar-refractivity contribution is -0.122. The van der Waals surface area contributed by atoms with E-state index in [2.05, 4.69) is 0 Å². The Labute approximate surface area is 95.7 Å². The molecule has 0 bridgehead atoms. The molecule has 0 saturated heterocycles. The molecule has 16 heavy (non-hydrogen) atoms. The first-order valence-electron chi connectivity index (χ1n) is 5.26. The van der Waals surface area contributed by atoms with Crippen molar-refractivity contribution in [3.8, 4) is 0 Å². The zero-order valence-corrected chi connectivity index (χ0v) is 9.55. The molecule has 1 rings (SSSR count). The van der Waals surface area contributed by atoms with Crippen LogP contribution in [0.2, 0.25) is 0 Å². The van der Waals surface area contributed by atoms with Crippen LogP contribution in [0.1, 0.15) is 19.4 Å². The van der Waals surface area contributed by atoms with Crippen molar-refractivity contribution < 1.29 is 14.3 Å². The molecule has 1 aromatic rings. The molecule has 0 aliphatic heterocycles. The number of hydrogen-bond acceptors (Lipinski definition) is 3. The van der Waals surface area contributed by atoms with Gasteiger partial charge >= 0.3 is 0 Å². The molecule has 0 N–H and O–H groups in total. The lowest BCUT2D eigenvalue weighted by Gasteiger charge is -2.13. The van der Waals surface area contributed by atoms with Crippen molar-refractivity contribution >= 4 is 12.4 Å². The van der Waals surface area contributed by atoms with E-state index in [0.29, 0.717) is 12.9 Å². The van der Waals surface area contributed by atoms with E-state index in [-0.39, 0.29) is 5.76 Å². The molecule has 0 saturated carbocycles. The molecular formula is C13H16O3. The van der Waals surface area contributed by atoms with Crippen LogP contribution in [0.15, 0.2) is 36.1 Å². The van der Waals surface area contributed by atoms with E-state index >= 15 is 0 Å². The zero-order valence-electron chi connectivity index (χ0n) is 9.55. The summed E-state index contributed by atoms with van der Waals surface area (Å²) in [6.45, 7) is 4.19. The van der Waals surface area contributed by atoms with E-state index in [1.807, 2.05) is 37.3 Å². The van der Waals surface area contributed by atoms with Crippen LogP contribution in [0, 0.1) is 0 Å². The molecule has 3 nitrogen and oxygen atoms in total. The number of carbonyl (C=O) groups is 1. The first-order chi connectivity index (χ1) is 7.76. The van der Waals surface area contributed by atoms with Crippen LogP contribution in [0.25, 0.3) is 6.08 Å². The first kappa shape index (κ1) is 12.5. The Kier molecular flexibility index (Phi) is 5.29. The van der Waals surface area contributed by atoms with Crippen molar-refractivity contribution in [1.82, 2.24) is 0 Å². The normalized spacial score (nSPS) is 13.2. The van der Waals surface area contributed by atoms with Gasteiger partial charge in [0.1, 0.15) is 0 Å². The monoisotopic (exact) mass is 220 g/mol. The van der Waals surface area contributed by atoms with Crippen LogP contribution in [-0.2, 0) is 14.3 Å². The highest BCUT2D eigenvalue weighted by Crippen LogP contribution is 2.08. The second-order valence-electron chi connectivity index (χ2n) is 3.22. The second kappa shape index (κ2) is 6.80. The number of allylic oxidation sites excluding steroid dienone is 1. The summed E-state index contributed by atoms with van der Waals surface area (Å²) < 4.78 is 10.5. The largest absolute Gasteiger partial charge is 0.462 e. The zero-order chi connectivity index (χ0) is 11.8. The van der Waals surface area contributed by atoms with Gasteiger partial charge < -0.3 is 9.47 Å². The van der Waals surface area contributed by atoms with Crippen LogP contribution >= 0.6 is 0 Å². The Hall–Kier alpha value is -1.61. The molecule has 86 valence electrons. The Morgan fingerprint density at radius 1 is 1.38 bits per heavy atom. The standard InChI is InChI=1S/C13H16O3/c1-3-15-11(2)16-13(10-14)9-12-7-5-4-6-8-12/h4-11H,3H2,1-2H3. The highest BCUT2D eigenvalue weighted by molar-refractivity contribution is 5.78. The lowest BCUT2D eigenvalue weighted by Crippen LogP contribution is -2.12. The summed E-state index contributed by atoms with van der Waals surface area (Å²) in [6.07, 6.45) is 1.95. The summed E-state index contributed by atoms with van der Waals surface area (Å²) in [5.41, 5.74) is 0.924. The Morgan fingerprint density at radius 2 is 2.06 bits per heavy atom. The maximum atomic E-state index is 10.8. The fraction of sp³-hybridized carbons (Fsp3) is 0.308. The summed E-state index contributed by atoms with van der Waals surface area (Å²) in [5.74, 6) is 0.271. The fourth-order valence-electron chi connectivity index (χ4n) is 1.27. The van der Waals surface area contributed by atoms with Gasteiger partial charge in [-0.3, -0.25) is 4.79 Å². The minimum Gasteiger partial charge on any atom is -0.462 e. The van der Waals surface area contributed by atoms with Crippen LogP contribution in [0.4, 0.5) is 0 Å². The van der Waals surface area contributed by atoms with Crippen molar-refractivity contribution in [3.63, 3.8) is 0 Å². The van der Waals surface area contributed by atoms with Gasteiger partial charge in [0.2, 0.25) is 0 Å². The molecule has 0 radical (unpaired) electrons. The number of ether oxygens (including phenoxy) is 2. The average molecular weight is 220 g/mol. The van der Waals surface area contributed by atoms with Crippen molar-refractivity contribution in [2.75, 3.05) is 6.61 Å². The van der Waals surface area contributed by atoms with E-state index in [1.54, 1.807) is 13.0 Å². The molecule has 0 amide bonds. The minimum atomic E-state index is -0.412. The quantitative estimate of drug-likeness (QED) is 0.320. The number of carbonyl (C=O) groups excluding carboxylic acids is 1. The van der Waals surface area contributed by atoms with Crippen molar-refractivity contribution in [2.24, 2.45) is 0 Å². The maximum absolute atomic E-state index is 10.8.